The number of aromatic hydroxyl groups is 2. The van der Waals surface area contributed by atoms with Gasteiger partial charge in [0.1, 0.15) is 84.3 Å². The quantitative estimate of drug-likeness (QED) is 0.0437. The van der Waals surface area contributed by atoms with Crippen LogP contribution in [0.25, 0.3) is 22.3 Å². The molecule has 0 aliphatic carbocycles. The summed E-state index contributed by atoms with van der Waals surface area (Å²) >= 11 is 0. The Morgan fingerprint density at radius 2 is 1.24 bits per heavy atom. The molecular weight excluding hydrogens is 840 g/mol. The molecule has 24 heteroatoms. The van der Waals surface area contributed by atoms with E-state index in [1.807, 2.05) is 0 Å². The first-order valence-electron chi connectivity index (χ1n) is 18.8. The number of fused-ring (bicyclic) bond motifs is 1. The van der Waals surface area contributed by atoms with Crippen LogP contribution >= 0.6 is 0 Å². The van der Waals surface area contributed by atoms with Crippen LogP contribution in [-0.4, -0.2) is 193 Å². The van der Waals surface area contributed by atoms with Crippen molar-refractivity contribution in [3.63, 3.8) is 0 Å². The van der Waals surface area contributed by atoms with Gasteiger partial charge in [0.15, 0.2) is 23.9 Å². The lowest BCUT2D eigenvalue weighted by atomic mass is 9.98. The molecule has 1 aromatic heterocycles. The fourth-order valence-electron chi connectivity index (χ4n) is 6.96. The van der Waals surface area contributed by atoms with Gasteiger partial charge >= 0.3 is 23.3 Å². The second-order valence-electron chi connectivity index (χ2n) is 14.5. The first-order chi connectivity index (χ1) is 29.4. The van der Waals surface area contributed by atoms with Crippen molar-refractivity contribution in [2.45, 2.75) is 105 Å². The lowest BCUT2D eigenvalue weighted by molar-refractivity contribution is -0.319. The Morgan fingerprint density at radius 3 is 1.82 bits per heavy atom. The van der Waals surface area contributed by atoms with E-state index in [0.29, 0.717) is 0 Å². The highest BCUT2D eigenvalue weighted by Crippen LogP contribution is 2.46. The molecule has 342 valence electrons. The number of hydrogen-bond donors (Lipinski definition) is 12. The average Bonchev–Trinajstić information content (AvgIpc) is 3.23. The predicted octanol–water partition coefficient (Wildman–Crippen LogP) is -2.96. The standard InChI is InChI=1S/C38H46O24/c1-12-34(62-24(43)9-23(41)42)30(49)33(52)36(56-12)55-11-22-27(46)29(48)32(51)38(61-22)59-20-8-15-16(57-35(20)13-4-18(53-2)25(44)19(5-13)54-3)6-14(40)7-17(15)58-37-31(50)28(47)26(45)21(10-39)60-37/h4-8,12,21-22,26-34,36-39,45-52H,9-11H2,1-3H3,(H2-,40,41,42,44)/p+1. The van der Waals surface area contributed by atoms with E-state index in [4.69, 9.17) is 52.2 Å². The molecule has 62 heavy (non-hydrogen) atoms. The summed E-state index contributed by atoms with van der Waals surface area (Å²) in [5.41, 5.74) is -0.0480. The van der Waals surface area contributed by atoms with E-state index in [-0.39, 0.29) is 45.3 Å². The molecule has 0 spiro atoms. The van der Waals surface area contributed by atoms with Gasteiger partial charge in [-0.3, -0.25) is 9.59 Å². The van der Waals surface area contributed by atoms with Crippen LogP contribution in [0.1, 0.15) is 13.3 Å². The van der Waals surface area contributed by atoms with Crippen LogP contribution in [0.5, 0.6) is 34.5 Å². The van der Waals surface area contributed by atoms with Gasteiger partial charge in [-0.1, -0.05) is 0 Å². The van der Waals surface area contributed by atoms with Crippen molar-refractivity contribution in [3.8, 4) is 45.8 Å². The third-order valence-electron chi connectivity index (χ3n) is 10.3. The van der Waals surface area contributed by atoms with Crippen LogP contribution in [0.15, 0.2) is 34.7 Å². The van der Waals surface area contributed by atoms with Gasteiger partial charge in [-0.2, -0.15) is 0 Å². The van der Waals surface area contributed by atoms with Crippen LogP contribution in [-0.2, 0) is 33.3 Å². The van der Waals surface area contributed by atoms with Crippen molar-refractivity contribution >= 4 is 22.9 Å². The molecule has 15 atom stereocenters. The number of hydrogen-bond acceptors (Lipinski definition) is 22. The van der Waals surface area contributed by atoms with Crippen LogP contribution in [0, 0.1) is 0 Å². The zero-order valence-electron chi connectivity index (χ0n) is 32.9. The van der Waals surface area contributed by atoms with Crippen molar-refractivity contribution in [1.82, 2.24) is 0 Å². The maximum absolute atomic E-state index is 11.9. The smallest absolute Gasteiger partial charge is 0.402 e. The van der Waals surface area contributed by atoms with Gasteiger partial charge in [-0.05, 0) is 6.92 Å². The zero-order valence-corrected chi connectivity index (χ0v) is 32.9. The van der Waals surface area contributed by atoms with Crippen LogP contribution in [0.3, 0.4) is 0 Å². The van der Waals surface area contributed by atoms with Crippen molar-refractivity contribution in [1.29, 1.82) is 0 Å². The summed E-state index contributed by atoms with van der Waals surface area (Å²) in [6.45, 7) is -0.137. The second-order valence-corrected chi connectivity index (χ2v) is 14.5. The number of phenolic OH excluding ortho intramolecular Hbond substituents is 2. The number of carbonyl (C=O) groups excluding carboxylic acids is 1. The molecule has 2 aromatic carbocycles. The number of methoxy groups -OCH3 is 2. The molecule has 0 radical (unpaired) electrons. The van der Waals surface area contributed by atoms with E-state index in [2.05, 4.69) is 0 Å². The van der Waals surface area contributed by atoms with E-state index in [1.165, 1.54) is 39.3 Å². The summed E-state index contributed by atoms with van der Waals surface area (Å²) in [7, 11) is 2.51. The van der Waals surface area contributed by atoms with E-state index in [9.17, 15) is 65.8 Å². The van der Waals surface area contributed by atoms with E-state index >= 15 is 0 Å². The molecule has 24 nitrogen and oxygen atoms in total. The average molecular weight is 888 g/mol. The molecule has 15 unspecified atom stereocenters. The van der Waals surface area contributed by atoms with Crippen molar-refractivity contribution < 1.29 is 118 Å². The minimum Gasteiger partial charge on any atom is -0.507 e. The Hall–Kier alpha value is -4.93. The molecule has 0 bridgehead atoms. The van der Waals surface area contributed by atoms with Gasteiger partial charge in [0.05, 0.1) is 45.2 Å². The highest BCUT2D eigenvalue weighted by molar-refractivity contribution is 5.90. The van der Waals surface area contributed by atoms with E-state index < -0.39 is 135 Å². The van der Waals surface area contributed by atoms with Crippen molar-refractivity contribution in [2.75, 3.05) is 27.4 Å². The third-order valence-corrected chi connectivity index (χ3v) is 10.3. The fourth-order valence-corrected chi connectivity index (χ4v) is 6.96. The number of carboxylic acid groups (broad SMARTS) is 1. The van der Waals surface area contributed by atoms with Gasteiger partial charge in [-0.15, -0.1) is 0 Å². The number of benzene rings is 2. The van der Waals surface area contributed by atoms with Crippen LogP contribution in [0.4, 0.5) is 0 Å². The summed E-state index contributed by atoms with van der Waals surface area (Å²) in [5, 5.41) is 126. The minimum atomic E-state index is -2.00. The topological polar surface area (TPSA) is 371 Å². The first-order valence-corrected chi connectivity index (χ1v) is 18.8. The maximum atomic E-state index is 11.9. The van der Waals surface area contributed by atoms with Gasteiger partial charge in [0, 0.05) is 24.3 Å². The van der Waals surface area contributed by atoms with E-state index in [1.54, 1.807) is 0 Å². The molecular formula is C38H47O24+. The number of phenols is 2. The van der Waals surface area contributed by atoms with Gasteiger partial charge in [0.25, 0.3) is 0 Å². The number of esters is 1. The Balaban J connectivity index is 1.32. The summed E-state index contributed by atoms with van der Waals surface area (Å²) in [4.78, 5) is 22.8. The van der Waals surface area contributed by atoms with Gasteiger partial charge in [0.2, 0.25) is 24.1 Å². The molecule has 0 amide bonds. The molecule has 3 fully saturated rings. The number of carboxylic acids is 1. The highest BCUT2D eigenvalue weighted by Gasteiger charge is 2.50. The highest BCUT2D eigenvalue weighted by atomic mass is 16.7. The fraction of sp³-hybridized carbons (Fsp3) is 0.553. The van der Waals surface area contributed by atoms with Gasteiger partial charge < -0.3 is 104 Å². The molecule has 3 aliphatic heterocycles. The number of aliphatic hydroxyl groups excluding tert-OH is 9. The Morgan fingerprint density at radius 1 is 0.677 bits per heavy atom. The third kappa shape index (κ3) is 9.52. The molecule has 4 heterocycles. The lowest BCUT2D eigenvalue weighted by Crippen LogP contribution is -2.62. The SMILES string of the molecule is COc1cc(-c2[o+]c3cc(O)cc(OC4OC(CO)C(O)C(O)C4O)c3cc2OC2OC(COC3OC(C)C(OC(=O)CC(=O)O)C(O)C3O)C(O)C(O)C2O)cc(OC)c1O. The maximum Gasteiger partial charge on any atom is 0.402 e. The van der Waals surface area contributed by atoms with Crippen molar-refractivity contribution in [2.24, 2.45) is 0 Å². The summed E-state index contributed by atoms with van der Waals surface area (Å²) in [6, 6.07) is 6.07. The number of aliphatic carboxylic acids is 1. The molecule has 12 N–H and O–H groups in total. The molecule has 0 saturated carbocycles. The Bertz CT molecular complexity index is 2040. The van der Waals surface area contributed by atoms with Crippen LogP contribution in [0.2, 0.25) is 0 Å². The molecule has 3 aromatic rings. The normalized spacial score (nSPS) is 33.7. The Kier molecular flexibility index (Phi) is 14.4. The second kappa shape index (κ2) is 19.2. The minimum absolute atomic E-state index is 0.0370. The van der Waals surface area contributed by atoms with Gasteiger partial charge in [-0.25, -0.2) is 4.42 Å². The molecule has 3 aliphatic rings. The largest absolute Gasteiger partial charge is 0.507 e. The zero-order chi connectivity index (χ0) is 45.3. The lowest BCUT2D eigenvalue weighted by Gasteiger charge is -2.43. The number of ether oxygens (including phenoxy) is 9. The summed E-state index contributed by atoms with van der Waals surface area (Å²) < 4.78 is 56.2. The Labute approximate surface area is 349 Å². The van der Waals surface area contributed by atoms with Crippen LogP contribution < -0.4 is 18.9 Å². The monoisotopic (exact) mass is 887 g/mol. The predicted molar refractivity (Wildman–Crippen MR) is 199 cm³/mol. The first kappa shape index (κ1) is 46.6. The van der Waals surface area contributed by atoms with Crippen molar-refractivity contribution in [3.05, 3.63) is 30.3 Å². The number of aliphatic hydroxyl groups is 9. The molecule has 3 saturated heterocycles. The molecule has 6 rings (SSSR count). The van der Waals surface area contributed by atoms with E-state index in [0.717, 1.165) is 12.1 Å². The number of carbonyl (C=O) groups is 2. The summed E-state index contributed by atoms with van der Waals surface area (Å²) in [6.07, 6.45) is -26.9. The number of rotatable bonds is 14. The summed E-state index contributed by atoms with van der Waals surface area (Å²) in [5.74, 6) is -4.58.